The number of anilines is 1. The fourth-order valence-corrected chi connectivity index (χ4v) is 3.06. The Hall–Kier alpha value is -2.19. The highest BCUT2D eigenvalue weighted by Crippen LogP contribution is 2.34. The molecule has 0 radical (unpaired) electrons. The number of Topliss-reactive ketones (excluding diaryl/α,β-unsaturated/α-hetero) is 1. The topological polar surface area (TPSA) is 101 Å². The van der Waals surface area contributed by atoms with Crippen LogP contribution in [-0.4, -0.2) is 37.9 Å². The van der Waals surface area contributed by atoms with E-state index in [9.17, 15) is 18.0 Å². The lowest BCUT2D eigenvalue weighted by Gasteiger charge is -2.21. The van der Waals surface area contributed by atoms with E-state index in [4.69, 9.17) is 4.55 Å². The van der Waals surface area contributed by atoms with Gasteiger partial charge in [0.05, 0.1) is 12.0 Å². The van der Waals surface area contributed by atoms with Crippen molar-refractivity contribution in [2.75, 3.05) is 12.0 Å². The molecular weight excluding hydrogens is 322 g/mol. The second-order valence-electron chi connectivity index (χ2n) is 5.32. The van der Waals surface area contributed by atoms with Gasteiger partial charge in [-0.15, -0.1) is 0 Å². The third-order valence-electron chi connectivity index (χ3n) is 3.67. The second kappa shape index (κ2) is 6.13. The molecule has 1 aliphatic heterocycles. The zero-order chi connectivity index (χ0) is 17.4. The highest BCUT2D eigenvalue weighted by Gasteiger charge is 2.28. The first-order valence-electron chi connectivity index (χ1n) is 6.85. The summed E-state index contributed by atoms with van der Waals surface area (Å²) in [6, 6.07) is 4.12. The molecule has 1 unspecified atom stereocenters. The maximum atomic E-state index is 11.7. The maximum absolute atomic E-state index is 11.7. The Morgan fingerprint density at radius 2 is 2.04 bits per heavy atom. The summed E-state index contributed by atoms with van der Waals surface area (Å²) in [5.41, 5.74) is 1.29. The van der Waals surface area contributed by atoms with Crippen molar-refractivity contribution >= 4 is 27.6 Å². The normalized spacial score (nSPS) is 17.8. The van der Waals surface area contributed by atoms with Crippen LogP contribution in [0.1, 0.15) is 19.4 Å². The van der Waals surface area contributed by atoms with E-state index in [1.807, 2.05) is 6.92 Å². The van der Waals surface area contributed by atoms with Gasteiger partial charge in [0.15, 0.2) is 5.78 Å². The minimum absolute atomic E-state index is 0.0827. The number of ether oxygens (including phenoxy) is 1. The van der Waals surface area contributed by atoms with Crippen molar-refractivity contribution < 1.29 is 27.3 Å². The molecule has 1 heterocycles. The molecule has 0 fully saturated rings. The third kappa shape index (κ3) is 3.43. The van der Waals surface area contributed by atoms with Crippen molar-refractivity contribution in [1.29, 1.82) is 0 Å². The van der Waals surface area contributed by atoms with Crippen molar-refractivity contribution in [2.45, 2.75) is 31.2 Å². The molecule has 23 heavy (non-hydrogen) atoms. The number of rotatable bonds is 4. The number of carbonyl (C=O) groups is 2. The van der Waals surface area contributed by atoms with Gasteiger partial charge >= 0.3 is 5.97 Å². The van der Waals surface area contributed by atoms with Crippen LogP contribution >= 0.6 is 0 Å². The molecule has 124 valence electrons. The molecule has 1 aromatic carbocycles. The molecule has 1 aromatic rings. The third-order valence-corrected chi connectivity index (χ3v) is 4.52. The SMILES string of the molecule is COC(=O)C(=CN1c2ccc(S(=O)(=O)O)cc2CC1C)C(C)=O. The molecule has 0 saturated heterocycles. The first-order chi connectivity index (χ1) is 10.6. The Kier molecular flexibility index (Phi) is 4.58. The van der Waals surface area contributed by atoms with E-state index in [0.29, 0.717) is 17.7 Å². The number of hydrogen-bond acceptors (Lipinski definition) is 6. The van der Waals surface area contributed by atoms with Gasteiger partial charge in [0.25, 0.3) is 10.1 Å². The predicted octanol–water partition coefficient (Wildman–Crippen LogP) is 1.33. The summed E-state index contributed by atoms with van der Waals surface area (Å²) < 4.78 is 36.2. The average molecular weight is 339 g/mol. The lowest BCUT2D eigenvalue weighted by Crippen LogP contribution is -2.26. The largest absolute Gasteiger partial charge is 0.465 e. The lowest BCUT2D eigenvalue weighted by atomic mass is 10.1. The van der Waals surface area contributed by atoms with E-state index in [2.05, 4.69) is 4.74 Å². The number of methoxy groups -OCH3 is 1. The molecule has 0 amide bonds. The molecule has 0 bridgehead atoms. The van der Waals surface area contributed by atoms with Crippen LogP contribution in [0, 0.1) is 0 Å². The molecular formula is C15H17NO6S. The number of benzene rings is 1. The highest BCUT2D eigenvalue weighted by molar-refractivity contribution is 7.85. The van der Waals surface area contributed by atoms with Crippen molar-refractivity contribution in [1.82, 2.24) is 0 Å². The standard InChI is InChI=1S/C15H17NO6S/c1-9-6-11-7-12(23(19,20)21)4-5-14(11)16(9)8-13(10(2)17)15(18)22-3/h4-5,7-9H,6H2,1-3H3,(H,19,20,21). The van der Waals surface area contributed by atoms with Gasteiger partial charge < -0.3 is 9.64 Å². The average Bonchev–Trinajstić information content (AvgIpc) is 2.77. The zero-order valence-electron chi connectivity index (χ0n) is 12.9. The van der Waals surface area contributed by atoms with E-state index in [1.54, 1.807) is 4.90 Å². The fraction of sp³-hybridized carbons (Fsp3) is 0.333. The van der Waals surface area contributed by atoms with E-state index in [-0.39, 0.29) is 16.5 Å². The zero-order valence-corrected chi connectivity index (χ0v) is 13.8. The fourth-order valence-electron chi connectivity index (χ4n) is 2.52. The summed E-state index contributed by atoms with van der Waals surface area (Å²) in [6.45, 7) is 3.14. The smallest absolute Gasteiger partial charge is 0.342 e. The minimum atomic E-state index is -4.28. The van der Waals surface area contributed by atoms with Gasteiger partial charge in [-0.25, -0.2) is 4.79 Å². The van der Waals surface area contributed by atoms with Gasteiger partial charge in [-0.1, -0.05) is 0 Å². The molecule has 7 nitrogen and oxygen atoms in total. The minimum Gasteiger partial charge on any atom is -0.465 e. The molecule has 2 rings (SSSR count). The summed E-state index contributed by atoms with van der Waals surface area (Å²) >= 11 is 0. The molecule has 0 aliphatic carbocycles. The van der Waals surface area contributed by atoms with Crippen LogP contribution in [0.4, 0.5) is 5.69 Å². The van der Waals surface area contributed by atoms with E-state index < -0.39 is 21.9 Å². The van der Waals surface area contributed by atoms with Gasteiger partial charge in [0.1, 0.15) is 5.57 Å². The Labute approximate surface area is 134 Å². The van der Waals surface area contributed by atoms with Crippen molar-refractivity contribution in [2.24, 2.45) is 0 Å². The number of carbonyl (C=O) groups excluding carboxylic acids is 2. The van der Waals surface area contributed by atoms with Crippen molar-refractivity contribution in [3.8, 4) is 0 Å². The van der Waals surface area contributed by atoms with Crippen LogP contribution in [0.5, 0.6) is 0 Å². The number of nitrogens with zero attached hydrogens (tertiary/aromatic N) is 1. The first kappa shape index (κ1) is 17.2. The Balaban J connectivity index is 2.49. The molecule has 8 heteroatoms. The summed E-state index contributed by atoms with van der Waals surface area (Å²) in [5.74, 6) is -1.15. The van der Waals surface area contributed by atoms with Crippen molar-refractivity contribution in [3.05, 3.63) is 35.5 Å². The van der Waals surface area contributed by atoms with Crippen LogP contribution in [0.3, 0.4) is 0 Å². The number of esters is 1. The number of fused-ring (bicyclic) bond motifs is 1. The molecule has 1 aliphatic rings. The second-order valence-corrected chi connectivity index (χ2v) is 6.74. The molecule has 0 saturated carbocycles. The van der Waals surface area contributed by atoms with Gasteiger partial charge in [-0.2, -0.15) is 8.42 Å². The summed E-state index contributed by atoms with van der Waals surface area (Å²) in [7, 11) is -3.08. The molecule has 1 atom stereocenters. The Morgan fingerprint density at radius 1 is 1.39 bits per heavy atom. The van der Waals surface area contributed by atoms with E-state index in [1.165, 1.54) is 38.4 Å². The summed E-state index contributed by atoms with van der Waals surface area (Å²) in [6.07, 6.45) is 1.93. The quantitative estimate of drug-likeness (QED) is 0.290. The van der Waals surface area contributed by atoms with Crippen LogP contribution in [0.2, 0.25) is 0 Å². The van der Waals surface area contributed by atoms with E-state index >= 15 is 0 Å². The Bertz CT molecular complexity index is 796. The van der Waals surface area contributed by atoms with Crippen LogP contribution in [-0.2, 0) is 30.9 Å². The van der Waals surface area contributed by atoms with Gasteiger partial charge in [-0.05, 0) is 44.0 Å². The number of hydrogen-bond donors (Lipinski definition) is 1. The van der Waals surface area contributed by atoms with Gasteiger partial charge in [-0.3, -0.25) is 9.35 Å². The first-order valence-corrected chi connectivity index (χ1v) is 8.29. The predicted molar refractivity (Wildman–Crippen MR) is 82.7 cm³/mol. The van der Waals surface area contributed by atoms with Crippen molar-refractivity contribution in [3.63, 3.8) is 0 Å². The highest BCUT2D eigenvalue weighted by atomic mass is 32.2. The Morgan fingerprint density at radius 3 is 2.57 bits per heavy atom. The van der Waals surface area contributed by atoms with Crippen LogP contribution in [0.15, 0.2) is 34.9 Å². The van der Waals surface area contributed by atoms with Crippen LogP contribution < -0.4 is 4.90 Å². The van der Waals surface area contributed by atoms with E-state index in [0.717, 1.165) is 0 Å². The molecule has 0 spiro atoms. The van der Waals surface area contributed by atoms with Crippen LogP contribution in [0.25, 0.3) is 0 Å². The van der Waals surface area contributed by atoms with Gasteiger partial charge in [0, 0.05) is 17.9 Å². The van der Waals surface area contributed by atoms with Gasteiger partial charge in [0.2, 0.25) is 0 Å². The maximum Gasteiger partial charge on any atom is 0.342 e. The lowest BCUT2D eigenvalue weighted by molar-refractivity contribution is -0.137. The summed E-state index contributed by atoms with van der Waals surface area (Å²) in [5, 5.41) is 0. The number of ketones is 1. The monoisotopic (exact) mass is 339 g/mol. The summed E-state index contributed by atoms with van der Waals surface area (Å²) in [4.78, 5) is 24.9. The molecule has 1 N–H and O–H groups in total. The molecule has 0 aromatic heterocycles.